The van der Waals surface area contributed by atoms with E-state index in [0.717, 1.165) is 44.9 Å². The zero-order valence-corrected chi connectivity index (χ0v) is 39.9. The number of ether oxygens (including phenoxy) is 2. The highest BCUT2D eigenvalue weighted by atomic mass is 16.7. The second-order valence-corrected chi connectivity index (χ2v) is 18.7. The minimum atomic E-state index is -1.56. The molecule has 362 valence electrons. The number of unbranched alkanes of at least 4 members (excludes halogenated alkanes) is 35. The summed E-state index contributed by atoms with van der Waals surface area (Å²) in [5.74, 6) is -0.179. The van der Waals surface area contributed by atoms with Gasteiger partial charge in [0, 0.05) is 6.42 Å². The van der Waals surface area contributed by atoms with Gasteiger partial charge in [0.25, 0.3) is 0 Å². The third kappa shape index (κ3) is 33.1. The molecule has 0 aromatic carbocycles. The Morgan fingerprint density at radius 1 is 0.541 bits per heavy atom. The third-order valence-electron chi connectivity index (χ3n) is 12.9. The van der Waals surface area contributed by atoms with Crippen molar-refractivity contribution in [2.45, 2.75) is 301 Å². The lowest BCUT2D eigenvalue weighted by Gasteiger charge is -2.40. The second-order valence-electron chi connectivity index (χ2n) is 18.7. The molecular weight excluding hydrogens is 767 g/mol. The summed E-state index contributed by atoms with van der Waals surface area (Å²) >= 11 is 0. The number of nitrogens with one attached hydrogen (secondary N) is 1. The summed E-state index contributed by atoms with van der Waals surface area (Å²) in [6.45, 7) is 3.68. The van der Waals surface area contributed by atoms with Crippen molar-refractivity contribution in [3.8, 4) is 0 Å². The largest absolute Gasteiger partial charge is 0.394 e. The van der Waals surface area contributed by atoms with Crippen molar-refractivity contribution in [3.05, 3.63) is 12.2 Å². The Bertz CT molecular complexity index is 966. The van der Waals surface area contributed by atoms with E-state index in [2.05, 4.69) is 19.2 Å². The van der Waals surface area contributed by atoms with Gasteiger partial charge in [0.15, 0.2) is 6.29 Å². The SMILES string of the molecule is CCCCC/C=C/C(O)C(COC1OC(CO)C(O)C(O)C1O)NC(=O)CCCCCCCCCCCCCCCCCCCCCCCCCCCCCCCCCCC. The molecule has 1 rings (SSSR count). The van der Waals surface area contributed by atoms with E-state index >= 15 is 0 Å². The van der Waals surface area contributed by atoms with Gasteiger partial charge < -0.3 is 40.3 Å². The Morgan fingerprint density at radius 2 is 0.902 bits per heavy atom. The molecule has 9 heteroatoms. The maximum absolute atomic E-state index is 12.9. The quantitative estimate of drug-likeness (QED) is 0.0262. The summed E-state index contributed by atoms with van der Waals surface area (Å²) in [5.41, 5.74) is 0. The molecule has 1 amide bonds. The van der Waals surface area contributed by atoms with E-state index in [4.69, 9.17) is 9.47 Å². The van der Waals surface area contributed by atoms with Crippen molar-refractivity contribution >= 4 is 5.91 Å². The zero-order chi connectivity index (χ0) is 44.4. The standard InChI is InChI=1S/C52H101NO8/c1-3-5-7-9-10-11-12-13-14-15-16-17-18-19-20-21-22-23-24-25-26-27-28-29-30-31-32-33-34-35-36-38-40-42-48(56)53-45(46(55)41-39-37-8-6-4-2)44-60-52-51(59)50(58)49(57)47(43-54)61-52/h39,41,45-47,49-52,54-55,57-59H,3-38,40,42-44H2,1-2H3,(H,53,56)/b41-39+. The molecule has 0 spiro atoms. The maximum atomic E-state index is 12.9. The molecule has 7 atom stereocenters. The van der Waals surface area contributed by atoms with Crippen LogP contribution >= 0.6 is 0 Å². The van der Waals surface area contributed by atoms with Crippen molar-refractivity contribution < 1.29 is 39.8 Å². The molecule has 0 aromatic rings. The number of carbonyl (C=O) groups excluding carboxylic acids is 1. The fourth-order valence-corrected chi connectivity index (χ4v) is 8.63. The number of hydrogen-bond donors (Lipinski definition) is 6. The molecule has 1 saturated heterocycles. The second kappa shape index (κ2) is 42.9. The van der Waals surface area contributed by atoms with Crippen LogP contribution in [0.3, 0.4) is 0 Å². The van der Waals surface area contributed by atoms with Gasteiger partial charge in [-0.3, -0.25) is 4.79 Å². The predicted octanol–water partition coefficient (Wildman–Crippen LogP) is 12.1. The number of aliphatic hydroxyl groups is 5. The molecule has 7 unspecified atom stereocenters. The average molecular weight is 868 g/mol. The lowest BCUT2D eigenvalue weighted by atomic mass is 9.99. The maximum Gasteiger partial charge on any atom is 0.220 e. The molecule has 0 aliphatic carbocycles. The Kier molecular flexibility index (Phi) is 40.7. The molecule has 0 radical (unpaired) electrons. The lowest BCUT2D eigenvalue weighted by Crippen LogP contribution is -2.60. The van der Waals surface area contributed by atoms with Crippen LogP contribution in [0.2, 0.25) is 0 Å². The van der Waals surface area contributed by atoms with Gasteiger partial charge in [-0.15, -0.1) is 0 Å². The first-order chi connectivity index (χ1) is 29.8. The summed E-state index contributed by atoms with van der Waals surface area (Å²) in [4.78, 5) is 12.9. The molecule has 0 bridgehead atoms. The topological polar surface area (TPSA) is 149 Å². The van der Waals surface area contributed by atoms with Crippen LogP contribution in [0.15, 0.2) is 12.2 Å². The smallest absolute Gasteiger partial charge is 0.220 e. The highest BCUT2D eigenvalue weighted by molar-refractivity contribution is 5.76. The number of aliphatic hydroxyl groups excluding tert-OH is 5. The molecule has 9 nitrogen and oxygen atoms in total. The minimum Gasteiger partial charge on any atom is -0.394 e. The van der Waals surface area contributed by atoms with Crippen LogP contribution in [-0.2, 0) is 14.3 Å². The molecule has 1 heterocycles. The number of rotatable bonds is 45. The first kappa shape index (κ1) is 57.9. The van der Waals surface area contributed by atoms with Gasteiger partial charge in [-0.2, -0.15) is 0 Å². The molecule has 61 heavy (non-hydrogen) atoms. The fourth-order valence-electron chi connectivity index (χ4n) is 8.63. The molecule has 1 fully saturated rings. The van der Waals surface area contributed by atoms with Gasteiger partial charge in [0.2, 0.25) is 5.91 Å². The Hall–Kier alpha value is -1.07. The number of hydrogen-bond acceptors (Lipinski definition) is 8. The van der Waals surface area contributed by atoms with Gasteiger partial charge in [0.05, 0.1) is 25.4 Å². The Labute approximate surface area is 376 Å². The first-order valence-electron chi connectivity index (χ1n) is 26.4. The van der Waals surface area contributed by atoms with Crippen molar-refractivity contribution in [3.63, 3.8) is 0 Å². The van der Waals surface area contributed by atoms with Gasteiger partial charge in [-0.05, 0) is 19.3 Å². The fraction of sp³-hybridized carbons (Fsp3) is 0.942. The number of allylic oxidation sites excluding steroid dienone is 1. The summed E-state index contributed by atoms with van der Waals surface area (Å²) in [5, 5.41) is 53.8. The molecule has 0 saturated carbocycles. The van der Waals surface area contributed by atoms with Crippen LogP contribution in [0.1, 0.15) is 258 Å². The monoisotopic (exact) mass is 868 g/mol. The summed E-state index contributed by atoms with van der Waals surface area (Å²) < 4.78 is 11.1. The predicted molar refractivity (Wildman–Crippen MR) is 254 cm³/mol. The molecule has 0 aromatic heterocycles. The number of amides is 1. The highest BCUT2D eigenvalue weighted by Crippen LogP contribution is 2.23. The molecular formula is C52H101NO8. The molecule has 1 aliphatic rings. The van der Waals surface area contributed by atoms with E-state index in [1.165, 1.54) is 193 Å². The van der Waals surface area contributed by atoms with Crippen LogP contribution in [-0.4, -0.2) is 87.5 Å². The third-order valence-corrected chi connectivity index (χ3v) is 12.9. The van der Waals surface area contributed by atoms with Crippen LogP contribution in [0.4, 0.5) is 0 Å². The number of carbonyl (C=O) groups is 1. The van der Waals surface area contributed by atoms with Crippen molar-refractivity contribution in [2.24, 2.45) is 0 Å². The average Bonchev–Trinajstić information content (AvgIpc) is 3.26. The van der Waals surface area contributed by atoms with E-state index in [0.29, 0.717) is 6.42 Å². The van der Waals surface area contributed by atoms with Gasteiger partial charge in [-0.1, -0.05) is 244 Å². The summed E-state index contributed by atoms with van der Waals surface area (Å²) in [6.07, 6.45) is 45.0. The normalized spacial score (nSPS) is 20.4. The van der Waals surface area contributed by atoms with E-state index in [-0.39, 0.29) is 12.5 Å². The molecule has 1 aliphatic heterocycles. The zero-order valence-electron chi connectivity index (χ0n) is 39.9. The van der Waals surface area contributed by atoms with Crippen molar-refractivity contribution in [1.82, 2.24) is 5.32 Å². The Balaban J connectivity index is 1.97. The van der Waals surface area contributed by atoms with E-state index in [9.17, 15) is 30.3 Å². The highest BCUT2D eigenvalue weighted by Gasteiger charge is 2.44. The minimum absolute atomic E-state index is 0.179. The van der Waals surface area contributed by atoms with E-state index < -0.39 is 49.5 Å². The van der Waals surface area contributed by atoms with E-state index in [1.54, 1.807) is 6.08 Å². The summed E-state index contributed by atoms with van der Waals surface area (Å²) in [6, 6.07) is -0.796. The Morgan fingerprint density at radius 3 is 1.28 bits per heavy atom. The van der Waals surface area contributed by atoms with Crippen LogP contribution in [0, 0.1) is 0 Å². The van der Waals surface area contributed by atoms with Crippen LogP contribution < -0.4 is 5.32 Å². The van der Waals surface area contributed by atoms with E-state index in [1.807, 2.05) is 6.08 Å². The van der Waals surface area contributed by atoms with Gasteiger partial charge in [0.1, 0.15) is 24.4 Å². The van der Waals surface area contributed by atoms with Crippen molar-refractivity contribution in [1.29, 1.82) is 0 Å². The van der Waals surface area contributed by atoms with Crippen molar-refractivity contribution in [2.75, 3.05) is 13.2 Å². The van der Waals surface area contributed by atoms with Crippen LogP contribution in [0.5, 0.6) is 0 Å². The van der Waals surface area contributed by atoms with Crippen LogP contribution in [0.25, 0.3) is 0 Å². The first-order valence-corrected chi connectivity index (χ1v) is 26.4. The van der Waals surface area contributed by atoms with Gasteiger partial charge >= 0.3 is 0 Å². The summed E-state index contributed by atoms with van der Waals surface area (Å²) in [7, 11) is 0. The van der Waals surface area contributed by atoms with Gasteiger partial charge in [-0.25, -0.2) is 0 Å². The molecule has 6 N–H and O–H groups in total. The lowest BCUT2D eigenvalue weighted by molar-refractivity contribution is -0.302.